The molecule has 0 bridgehead atoms. The van der Waals surface area contributed by atoms with Crippen LogP contribution in [0.2, 0.25) is 0 Å². The molecule has 0 aliphatic heterocycles. The molecule has 0 saturated carbocycles. The lowest BCUT2D eigenvalue weighted by molar-refractivity contribution is 0.312. The Bertz CT molecular complexity index is 249. The summed E-state index contributed by atoms with van der Waals surface area (Å²) in [7, 11) is 0. The number of hydrogen-bond acceptors (Lipinski definition) is 3. The zero-order valence-electron chi connectivity index (χ0n) is 9.21. The topological polar surface area (TPSA) is 51.2 Å². The fraction of sp³-hybridized carbons (Fsp3) is 0.636. The van der Waals surface area contributed by atoms with E-state index in [-0.39, 0.29) is 6.04 Å². The molecule has 80 valence electrons. The Morgan fingerprint density at radius 2 is 2.21 bits per heavy atom. The lowest BCUT2D eigenvalue weighted by Gasteiger charge is -2.21. The molecule has 14 heavy (non-hydrogen) atoms. The number of hydrogen-bond donors (Lipinski definition) is 2. The smallest absolute Gasteiger partial charge is 0.122 e. The van der Waals surface area contributed by atoms with Gasteiger partial charge in [0.2, 0.25) is 0 Å². The van der Waals surface area contributed by atoms with Crippen LogP contribution in [-0.2, 0) is 0 Å². The van der Waals surface area contributed by atoms with Crippen molar-refractivity contribution in [2.24, 2.45) is 11.3 Å². The SMILES string of the molecule is CC(C)(C)CCC(NN)c1ccco1. The van der Waals surface area contributed by atoms with E-state index in [1.54, 1.807) is 6.26 Å². The van der Waals surface area contributed by atoms with Crippen molar-refractivity contribution in [2.75, 3.05) is 0 Å². The maximum Gasteiger partial charge on any atom is 0.122 e. The Hall–Kier alpha value is -0.800. The van der Waals surface area contributed by atoms with E-state index in [1.807, 2.05) is 12.1 Å². The summed E-state index contributed by atoms with van der Waals surface area (Å²) in [6.07, 6.45) is 3.78. The molecule has 0 spiro atoms. The summed E-state index contributed by atoms with van der Waals surface area (Å²) < 4.78 is 5.31. The highest BCUT2D eigenvalue weighted by atomic mass is 16.3. The molecule has 0 saturated heterocycles. The highest BCUT2D eigenvalue weighted by Crippen LogP contribution is 2.26. The molecule has 1 unspecified atom stereocenters. The van der Waals surface area contributed by atoms with E-state index in [2.05, 4.69) is 26.2 Å². The standard InChI is InChI=1S/C11H20N2O/c1-11(2,3)7-6-9(13-12)10-5-4-8-14-10/h4-5,8-9,13H,6-7,12H2,1-3H3. The van der Waals surface area contributed by atoms with Crippen LogP contribution in [0.15, 0.2) is 22.8 Å². The minimum atomic E-state index is 0.129. The quantitative estimate of drug-likeness (QED) is 0.575. The van der Waals surface area contributed by atoms with Crippen molar-refractivity contribution in [1.29, 1.82) is 0 Å². The molecule has 0 fully saturated rings. The molecule has 1 heterocycles. The van der Waals surface area contributed by atoms with E-state index < -0.39 is 0 Å². The van der Waals surface area contributed by atoms with Crippen molar-refractivity contribution >= 4 is 0 Å². The zero-order valence-corrected chi connectivity index (χ0v) is 9.21. The van der Waals surface area contributed by atoms with Gasteiger partial charge < -0.3 is 4.42 Å². The van der Waals surface area contributed by atoms with Crippen LogP contribution in [0.3, 0.4) is 0 Å². The van der Waals surface area contributed by atoms with Crippen LogP contribution < -0.4 is 11.3 Å². The van der Waals surface area contributed by atoms with E-state index in [4.69, 9.17) is 10.3 Å². The number of nitrogens with one attached hydrogen (secondary N) is 1. The summed E-state index contributed by atoms with van der Waals surface area (Å²) in [5.41, 5.74) is 3.12. The van der Waals surface area contributed by atoms with Gasteiger partial charge in [-0.3, -0.25) is 5.84 Å². The molecule has 3 heteroatoms. The van der Waals surface area contributed by atoms with Gasteiger partial charge in [-0.05, 0) is 30.4 Å². The molecule has 0 amide bonds. The Balaban J connectivity index is 2.49. The van der Waals surface area contributed by atoms with Crippen molar-refractivity contribution in [1.82, 2.24) is 5.43 Å². The predicted molar refractivity (Wildman–Crippen MR) is 57.5 cm³/mol. The van der Waals surface area contributed by atoms with Crippen molar-refractivity contribution < 1.29 is 4.42 Å². The maximum absolute atomic E-state index is 5.48. The van der Waals surface area contributed by atoms with Gasteiger partial charge in [0.1, 0.15) is 5.76 Å². The molecule has 1 atom stereocenters. The summed E-state index contributed by atoms with van der Waals surface area (Å²) in [6, 6.07) is 3.97. The molecule has 1 aromatic rings. The molecule has 3 nitrogen and oxygen atoms in total. The van der Waals surface area contributed by atoms with Crippen LogP contribution in [0.5, 0.6) is 0 Å². The van der Waals surface area contributed by atoms with E-state index in [1.165, 1.54) is 0 Å². The second-order valence-electron chi connectivity index (χ2n) is 4.83. The van der Waals surface area contributed by atoms with Gasteiger partial charge in [-0.25, -0.2) is 5.43 Å². The Morgan fingerprint density at radius 1 is 1.50 bits per heavy atom. The van der Waals surface area contributed by atoms with Crippen LogP contribution in [0, 0.1) is 5.41 Å². The summed E-state index contributed by atoms with van der Waals surface area (Å²) in [5.74, 6) is 6.40. The minimum absolute atomic E-state index is 0.129. The fourth-order valence-corrected chi connectivity index (χ4v) is 1.37. The van der Waals surface area contributed by atoms with Gasteiger partial charge in [0, 0.05) is 0 Å². The maximum atomic E-state index is 5.48. The second kappa shape index (κ2) is 4.62. The first-order valence-corrected chi connectivity index (χ1v) is 5.02. The van der Waals surface area contributed by atoms with Gasteiger partial charge in [-0.1, -0.05) is 20.8 Å². The van der Waals surface area contributed by atoms with Crippen molar-refractivity contribution in [3.05, 3.63) is 24.2 Å². The van der Waals surface area contributed by atoms with Crippen LogP contribution >= 0.6 is 0 Å². The molecule has 0 aliphatic carbocycles. The number of rotatable bonds is 4. The normalized spacial score (nSPS) is 14.3. The molecule has 3 N–H and O–H groups in total. The van der Waals surface area contributed by atoms with E-state index in [9.17, 15) is 0 Å². The third-order valence-corrected chi connectivity index (χ3v) is 2.27. The van der Waals surface area contributed by atoms with Gasteiger partial charge in [0.15, 0.2) is 0 Å². The van der Waals surface area contributed by atoms with Crippen LogP contribution in [-0.4, -0.2) is 0 Å². The van der Waals surface area contributed by atoms with Crippen LogP contribution in [0.1, 0.15) is 45.4 Å². The first kappa shape index (κ1) is 11.3. The molecule has 0 radical (unpaired) electrons. The van der Waals surface area contributed by atoms with Crippen molar-refractivity contribution in [3.63, 3.8) is 0 Å². The van der Waals surface area contributed by atoms with Gasteiger partial charge in [-0.15, -0.1) is 0 Å². The molecular weight excluding hydrogens is 176 g/mol. The Kier molecular flexibility index (Phi) is 3.72. The molecular formula is C11H20N2O. The molecule has 1 rings (SSSR count). The minimum Gasteiger partial charge on any atom is -0.468 e. The van der Waals surface area contributed by atoms with Crippen molar-refractivity contribution in [3.8, 4) is 0 Å². The summed E-state index contributed by atoms with van der Waals surface area (Å²) in [5, 5.41) is 0. The number of hydrazine groups is 1. The lowest BCUT2D eigenvalue weighted by Crippen LogP contribution is -2.28. The third kappa shape index (κ3) is 3.52. The van der Waals surface area contributed by atoms with Crippen LogP contribution in [0.4, 0.5) is 0 Å². The largest absolute Gasteiger partial charge is 0.468 e. The third-order valence-electron chi connectivity index (χ3n) is 2.27. The average molecular weight is 196 g/mol. The number of nitrogens with two attached hydrogens (primary N) is 1. The Labute approximate surface area is 85.6 Å². The second-order valence-corrected chi connectivity index (χ2v) is 4.83. The van der Waals surface area contributed by atoms with Gasteiger partial charge in [-0.2, -0.15) is 0 Å². The van der Waals surface area contributed by atoms with Crippen LogP contribution in [0.25, 0.3) is 0 Å². The fourth-order valence-electron chi connectivity index (χ4n) is 1.37. The van der Waals surface area contributed by atoms with E-state index in [0.29, 0.717) is 5.41 Å². The first-order valence-electron chi connectivity index (χ1n) is 5.02. The monoisotopic (exact) mass is 196 g/mol. The highest BCUT2D eigenvalue weighted by Gasteiger charge is 2.17. The molecule has 0 aromatic carbocycles. The average Bonchev–Trinajstić information content (AvgIpc) is 2.56. The highest BCUT2D eigenvalue weighted by molar-refractivity contribution is 5.03. The first-order chi connectivity index (χ1) is 6.53. The Morgan fingerprint density at radius 3 is 2.64 bits per heavy atom. The van der Waals surface area contributed by atoms with E-state index >= 15 is 0 Å². The summed E-state index contributed by atoms with van der Waals surface area (Å²) in [6.45, 7) is 6.67. The number of furan rings is 1. The molecule has 0 aliphatic rings. The van der Waals surface area contributed by atoms with Crippen molar-refractivity contribution in [2.45, 2.75) is 39.7 Å². The van der Waals surface area contributed by atoms with Gasteiger partial charge >= 0.3 is 0 Å². The van der Waals surface area contributed by atoms with Gasteiger partial charge in [0.05, 0.1) is 12.3 Å². The van der Waals surface area contributed by atoms with Gasteiger partial charge in [0.25, 0.3) is 0 Å². The molecule has 1 aromatic heterocycles. The lowest BCUT2D eigenvalue weighted by atomic mass is 9.88. The van der Waals surface area contributed by atoms with E-state index in [0.717, 1.165) is 18.6 Å². The summed E-state index contributed by atoms with van der Waals surface area (Å²) in [4.78, 5) is 0. The summed E-state index contributed by atoms with van der Waals surface area (Å²) >= 11 is 0. The zero-order chi connectivity index (χ0) is 10.6. The predicted octanol–water partition coefficient (Wildman–Crippen LogP) is 2.61.